The number of hydrogen-bond acceptors (Lipinski definition) is 3. The molecular weight excluding hydrogens is 240 g/mol. The molecule has 0 aromatic carbocycles. The maximum Gasteiger partial charge on any atom is 0.188 e. The predicted octanol–water partition coefficient (Wildman–Crippen LogP) is 2.60. The third kappa shape index (κ3) is 1.75. The summed E-state index contributed by atoms with van der Waals surface area (Å²) in [4.78, 5) is 24.2. The zero-order valence-electron chi connectivity index (χ0n) is 11.7. The van der Waals surface area contributed by atoms with Gasteiger partial charge in [-0.2, -0.15) is 0 Å². The van der Waals surface area contributed by atoms with Crippen LogP contribution in [-0.2, 0) is 14.3 Å². The van der Waals surface area contributed by atoms with Crippen LogP contribution in [0.15, 0.2) is 23.8 Å². The van der Waals surface area contributed by atoms with E-state index in [-0.39, 0.29) is 29.5 Å². The monoisotopic (exact) mass is 260 g/mol. The van der Waals surface area contributed by atoms with E-state index in [1.165, 1.54) is 17.7 Å². The molecule has 0 N–H and O–H groups in total. The van der Waals surface area contributed by atoms with Gasteiger partial charge in [0.05, 0.1) is 5.60 Å². The fourth-order valence-corrected chi connectivity index (χ4v) is 4.00. The Hall–Kier alpha value is -1.22. The van der Waals surface area contributed by atoms with Crippen LogP contribution in [0.1, 0.15) is 40.0 Å². The van der Waals surface area contributed by atoms with E-state index in [0.717, 1.165) is 12.8 Å². The van der Waals surface area contributed by atoms with E-state index < -0.39 is 5.60 Å². The van der Waals surface area contributed by atoms with Crippen molar-refractivity contribution in [2.24, 2.45) is 11.8 Å². The van der Waals surface area contributed by atoms with Gasteiger partial charge in [-0.25, -0.2) is 0 Å². The fourth-order valence-electron chi connectivity index (χ4n) is 4.00. The molecule has 1 saturated heterocycles. The van der Waals surface area contributed by atoms with E-state index in [1.54, 1.807) is 0 Å². The van der Waals surface area contributed by atoms with E-state index in [0.29, 0.717) is 5.92 Å². The quantitative estimate of drug-likeness (QED) is 0.629. The minimum absolute atomic E-state index is 0.00678. The van der Waals surface area contributed by atoms with Crippen molar-refractivity contribution in [1.29, 1.82) is 0 Å². The molecule has 0 aromatic heterocycles. The molecule has 0 bridgehead atoms. The number of ketones is 2. The molecule has 0 amide bonds. The number of hydrogen-bond donors (Lipinski definition) is 0. The van der Waals surface area contributed by atoms with Gasteiger partial charge in [-0.3, -0.25) is 9.59 Å². The van der Waals surface area contributed by atoms with Crippen molar-refractivity contribution in [1.82, 2.24) is 0 Å². The topological polar surface area (TPSA) is 43.4 Å². The van der Waals surface area contributed by atoms with E-state index >= 15 is 0 Å². The van der Waals surface area contributed by atoms with Crippen LogP contribution in [0.5, 0.6) is 0 Å². The summed E-state index contributed by atoms with van der Waals surface area (Å²) < 4.78 is 6.19. The molecule has 1 fully saturated rings. The Bertz CT molecular complexity index is 512. The van der Waals surface area contributed by atoms with Gasteiger partial charge in [-0.15, -0.1) is 0 Å². The maximum atomic E-state index is 12.4. The van der Waals surface area contributed by atoms with Crippen LogP contribution in [-0.4, -0.2) is 22.8 Å². The van der Waals surface area contributed by atoms with Crippen LogP contribution in [0.2, 0.25) is 0 Å². The molecule has 0 saturated carbocycles. The average Bonchev–Trinajstić information content (AvgIpc) is 2.53. The Labute approximate surface area is 113 Å². The lowest BCUT2D eigenvalue weighted by Crippen LogP contribution is -2.48. The SMILES string of the molecule is CC1=CC2C(CC1)C(C)(C)OC21CC(=O)C=CC1=O. The minimum atomic E-state index is -0.943. The summed E-state index contributed by atoms with van der Waals surface area (Å²) in [6.07, 6.45) is 7.25. The molecule has 0 aromatic rings. The van der Waals surface area contributed by atoms with Crippen molar-refractivity contribution in [3.05, 3.63) is 23.8 Å². The highest BCUT2D eigenvalue weighted by molar-refractivity contribution is 6.10. The summed E-state index contributed by atoms with van der Waals surface area (Å²) in [5.41, 5.74) is 0.0155. The first kappa shape index (κ1) is 12.8. The minimum Gasteiger partial charge on any atom is -0.360 e. The van der Waals surface area contributed by atoms with E-state index in [9.17, 15) is 9.59 Å². The summed E-state index contributed by atoms with van der Waals surface area (Å²) in [6, 6.07) is 0. The number of fused-ring (bicyclic) bond motifs is 2. The molecule has 1 spiro atoms. The second-order valence-corrected chi connectivity index (χ2v) is 6.62. The van der Waals surface area contributed by atoms with Gasteiger partial charge in [-0.1, -0.05) is 11.6 Å². The Morgan fingerprint density at radius 2 is 2.00 bits per heavy atom. The van der Waals surface area contributed by atoms with Crippen LogP contribution in [0, 0.1) is 11.8 Å². The first-order valence-corrected chi connectivity index (χ1v) is 6.98. The summed E-state index contributed by atoms with van der Waals surface area (Å²) >= 11 is 0. The Morgan fingerprint density at radius 3 is 2.74 bits per heavy atom. The van der Waals surface area contributed by atoms with Gasteiger partial charge in [0.2, 0.25) is 0 Å². The summed E-state index contributed by atoms with van der Waals surface area (Å²) in [6.45, 7) is 6.19. The number of carbonyl (C=O) groups is 2. The lowest BCUT2D eigenvalue weighted by Gasteiger charge is -2.35. The smallest absolute Gasteiger partial charge is 0.188 e. The van der Waals surface area contributed by atoms with Crippen LogP contribution in [0.25, 0.3) is 0 Å². The molecule has 1 aliphatic heterocycles. The number of carbonyl (C=O) groups excluding carboxylic acids is 2. The van der Waals surface area contributed by atoms with Crippen LogP contribution >= 0.6 is 0 Å². The fraction of sp³-hybridized carbons (Fsp3) is 0.625. The number of ether oxygens (including phenoxy) is 1. The highest BCUT2D eigenvalue weighted by Crippen LogP contribution is 2.54. The molecule has 2 aliphatic carbocycles. The molecular formula is C16H20O3. The Morgan fingerprint density at radius 1 is 1.26 bits per heavy atom. The van der Waals surface area contributed by atoms with Gasteiger partial charge >= 0.3 is 0 Å². The normalized spacial score (nSPS) is 40.5. The van der Waals surface area contributed by atoms with E-state index in [4.69, 9.17) is 4.74 Å². The van der Waals surface area contributed by atoms with Gasteiger partial charge in [0, 0.05) is 12.3 Å². The van der Waals surface area contributed by atoms with Crippen molar-refractivity contribution in [2.45, 2.75) is 51.2 Å². The predicted molar refractivity (Wildman–Crippen MR) is 71.6 cm³/mol. The van der Waals surface area contributed by atoms with Gasteiger partial charge in [0.25, 0.3) is 0 Å². The molecule has 1 heterocycles. The summed E-state index contributed by atoms with van der Waals surface area (Å²) in [5, 5.41) is 0. The van der Waals surface area contributed by atoms with Crippen LogP contribution in [0.4, 0.5) is 0 Å². The Kier molecular flexibility index (Phi) is 2.62. The molecule has 102 valence electrons. The highest BCUT2D eigenvalue weighted by Gasteiger charge is 2.62. The molecule has 3 unspecified atom stereocenters. The molecule has 0 radical (unpaired) electrons. The van der Waals surface area contributed by atoms with Crippen molar-refractivity contribution in [3.63, 3.8) is 0 Å². The standard InChI is InChI=1S/C16H20O3/c1-10-4-6-12-13(8-10)16(19-15(12,2)3)9-11(17)5-7-14(16)18/h5,7-8,12-13H,4,6,9H2,1-3H3. The molecule has 3 aliphatic rings. The molecule has 19 heavy (non-hydrogen) atoms. The third-order valence-electron chi connectivity index (χ3n) is 4.90. The lowest BCUT2D eigenvalue weighted by atomic mass is 9.66. The molecule has 3 rings (SSSR count). The maximum absolute atomic E-state index is 12.4. The molecule has 3 heteroatoms. The first-order valence-electron chi connectivity index (χ1n) is 6.98. The van der Waals surface area contributed by atoms with Crippen molar-refractivity contribution >= 4 is 11.6 Å². The number of allylic oxidation sites excluding steroid dienone is 2. The van der Waals surface area contributed by atoms with E-state index in [2.05, 4.69) is 13.0 Å². The lowest BCUT2D eigenvalue weighted by molar-refractivity contribution is -0.154. The second-order valence-electron chi connectivity index (χ2n) is 6.62. The Balaban J connectivity index is 2.11. The third-order valence-corrected chi connectivity index (χ3v) is 4.90. The largest absolute Gasteiger partial charge is 0.360 e. The van der Waals surface area contributed by atoms with Gasteiger partial charge in [-0.05, 0) is 51.7 Å². The summed E-state index contributed by atoms with van der Waals surface area (Å²) in [5.74, 6) is 0.309. The van der Waals surface area contributed by atoms with Gasteiger partial charge in [0.15, 0.2) is 11.6 Å². The van der Waals surface area contributed by atoms with Crippen molar-refractivity contribution in [3.8, 4) is 0 Å². The number of rotatable bonds is 0. The van der Waals surface area contributed by atoms with Crippen LogP contribution in [0.3, 0.4) is 0 Å². The van der Waals surface area contributed by atoms with Crippen LogP contribution < -0.4 is 0 Å². The average molecular weight is 260 g/mol. The van der Waals surface area contributed by atoms with Crippen molar-refractivity contribution in [2.75, 3.05) is 0 Å². The highest BCUT2D eigenvalue weighted by atomic mass is 16.5. The van der Waals surface area contributed by atoms with Crippen molar-refractivity contribution < 1.29 is 14.3 Å². The van der Waals surface area contributed by atoms with Gasteiger partial charge < -0.3 is 4.74 Å². The van der Waals surface area contributed by atoms with E-state index in [1.807, 2.05) is 13.8 Å². The molecule has 3 atom stereocenters. The second kappa shape index (κ2) is 3.89. The van der Waals surface area contributed by atoms with Gasteiger partial charge in [0.1, 0.15) is 5.60 Å². The molecule has 3 nitrogen and oxygen atoms in total. The first-order chi connectivity index (χ1) is 8.85. The zero-order chi connectivity index (χ0) is 13.8. The zero-order valence-corrected chi connectivity index (χ0v) is 11.7. The summed E-state index contributed by atoms with van der Waals surface area (Å²) in [7, 11) is 0.